The lowest BCUT2D eigenvalue weighted by atomic mass is 10.2. The van der Waals surface area contributed by atoms with Crippen LogP contribution in [0.4, 0.5) is 17.2 Å². The van der Waals surface area contributed by atoms with Crippen LogP contribution in [-0.2, 0) is 4.79 Å². The highest BCUT2D eigenvalue weighted by atomic mass is 16.5. The van der Waals surface area contributed by atoms with E-state index in [0.29, 0.717) is 5.75 Å². The van der Waals surface area contributed by atoms with Crippen LogP contribution in [0.5, 0.6) is 5.75 Å². The number of para-hydroxylation sites is 1. The van der Waals surface area contributed by atoms with Gasteiger partial charge in [0.2, 0.25) is 0 Å². The first-order valence-electron chi connectivity index (χ1n) is 7.22. The molecule has 23 heavy (non-hydrogen) atoms. The van der Waals surface area contributed by atoms with E-state index in [1.165, 1.54) is 6.33 Å². The fourth-order valence-electron chi connectivity index (χ4n) is 2.59. The van der Waals surface area contributed by atoms with Crippen molar-refractivity contribution in [2.24, 2.45) is 0 Å². The van der Waals surface area contributed by atoms with Crippen LogP contribution in [0, 0.1) is 0 Å². The van der Waals surface area contributed by atoms with E-state index in [1.54, 1.807) is 11.9 Å². The number of carbonyl (C=O) groups excluding carboxylic acids is 1. The van der Waals surface area contributed by atoms with Gasteiger partial charge in [-0.15, -0.1) is 0 Å². The number of likely N-dealkylation sites (N-methyl/N-ethyl adjacent to an activating group) is 1. The number of nitrogens with zero attached hydrogens (tertiary/aromatic N) is 3. The Balaban J connectivity index is 1.73. The smallest absolute Gasteiger partial charge is 0.264 e. The molecule has 0 radical (unpaired) electrons. The summed E-state index contributed by atoms with van der Waals surface area (Å²) in [6, 6.07) is 13.4. The molecule has 1 amide bonds. The van der Waals surface area contributed by atoms with E-state index >= 15 is 0 Å². The third-order valence-corrected chi connectivity index (χ3v) is 3.85. The molecule has 1 N–H and O–H groups in total. The lowest BCUT2D eigenvalue weighted by Crippen LogP contribution is -2.35. The number of anilines is 3. The molecule has 6 heteroatoms. The molecule has 0 saturated heterocycles. The largest absolute Gasteiger partial charge is 0.482 e. The van der Waals surface area contributed by atoms with Gasteiger partial charge >= 0.3 is 0 Å². The summed E-state index contributed by atoms with van der Waals surface area (Å²) in [4.78, 5) is 21.9. The fourth-order valence-corrected chi connectivity index (χ4v) is 2.59. The van der Waals surface area contributed by atoms with Gasteiger partial charge in [0.1, 0.15) is 17.9 Å². The maximum absolute atomic E-state index is 11.8. The van der Waals surface area contributed by atoms with Crippen LogP contribution in [0.2, 0.25) is 0 Å². The number of hydrogen-bond acceptors (Lipinski definition) is 5. The number of hydrogen-bond donors (Lipinski definition) is 1. The van der Waals surface area contributed by atoms with Crippen molar-refractivity contribution in [3.8, 4) is 5.75 Å². The minimum Gasteiger partial charge on any atom is -0.482 e. The van der Waals surface area contributed by atoms with Gasteiger partial charge in [-0.3, -0.25) is 4.79 Å². The summed E-state index contributed by atoms with van der Waals surface area (Å²) in [6.45, 7) is 0.0762. The zero-order valence-corrected chi connectivity index (χ0v) is 12.5. The number of nitrogens with one attached hydrogen (secondary N) is 1. The molecule has 1 aliphatic rings. The van der Waals surface area contributed by atoms with Gasteiger partial charge in [0.05, 0.1) is 11.2 Å². The van der Waals surface area contributed by atoms with E-state index in [1.807, 2.05) is 42.5 Å². The maximum atomic E-state index is 11.8. The molecule has 4 rings (SSSR count). The topological polar surface area (TPSA) is 67.3 Å². The second-order valence-corrected chi connectivity index (χ2v) is 5.29. The van der Waals surface area contributed by atoms with Crippen LogP contribution in [0.1, 0.15) is 0 Å². The molecule has 0 bridgehead atoms. The van der Waals surface area contributed by atoms with Gasteiger partial charge in [0.25, 0.3) is 5.91 Å². The first-order valence-corrected chi connectivity index (χ1v) is 7.22. The quantitative estimate of drug-likeness (QED) is 0.788. The summed E-state index contributed by atoms with van der Waals surface area (Å²) < 4.78 is 5.44. The normalized spacial score (nSPS) is 13.6. The number of fused-ring (bicyclic) bond motifs is 2. The molecule has 114 valence electrons. The number of aromatic nitrogens is 2. The molecule has 2 heterocycles. The van der Waals surface area contributed by atoms with E-state index in [2.05, 4.69) is 15.3 Å². The zero-order valence-electron chi connectivity index (χ0n) is 12.5. The predicted octanol–water partition coefficient (Wildman–Crippen LogP) is 2.73. The summed E-state index contributed by atoms with van der Waals surface area (Å²) in [7, 11) is 1.74. The number of ether oxygens (including phenoxy) is 1. The molecular formula is C17H14N4O2. The van der Waals surface area contributed by atoms with Crippen LogP contribution in [0.15, 0.2) is 48.8 Å². The molecule has 0 saturated carbocycles. The van der Waals surface area contributed by atoms with E-state index < -0.39 is 0 Å². The highest BCUT2D eigenvalue weighted by Gasteiger charge is 2.22. The third-order valence-electron chi connectivity index (χ3n) is 3.85. The van der Waals surface area contributed by atoms with Crippen LogP contribution in [0.25, 0.3) is 10.9 Å². The van der Waals surface area contributed by atoms with Crippen molar-refractivity contribution in [2.75, 3.05) is 23.9 Å². The van der Waals surface area contributed by atoms with E-state index in [0.717, 1.165) is 28.1 Å². The molecule has 0 aliphatic carbocycles. The Morgan fingerprint density at radius 1 is 1.17 bits per heavy atom. The Labute approximate surface area is 132 Å². The molecule has 0 unspecified atom stereocenters. The molecule has 0 atom stereocenters. The van der Waals surface area contributed by atoms with Crippen LogP contribution < -0.4 is 15.0 Å². The first kappa shape index (κ1) is 13.5. The van der Waals surface area contributed by atoms with Crippen molar-refractivity contribution in [3.05, 3.63) is 48.8 Å². The third kappa shape index (κ3) is 2.34. The molecule has 1 aliphatic heterocycles. The summed E-state index contributed by atoms with van der Waals surface area (Å²) in [5.74, 6) is 1.36. The summed E-state index contributed by atoms with van der Waals surface area (Å²) in [6.07, 6.45) is 1.53. The maximum Gasteiger partial charge on any atom is 0.264 e. The Hall–Kier alpha value is -3.15. The van der Waals surface area contributed by atoms with Crippen molar-refractivity contribution in [3.63, 3.8) is 0 Å². The fraction of sp³-hybridized carbons (Fsp3) is 0.118. The minimum atomic E-state index is -0.0675. The average Bonchev–Trinajstić information content (AvgIpc) is 2.59. The molecule has 3 aromatic rings. The van der Waals surface area contributed by atoms with Gasteiger partial charge in [-0.2, -0.15) is 0 Å². The summed E-state index contributed by atoms with van der Waals surface area (Å²) >= 11 is 0. The van der Waals surface area contributed by atoms with Crippen molar-refractivity contribution in [1.82, 2.24) is 9.97 Å². The molecule has 0 spiro atoms. The molecule has 6 nitrogen and oxygen atoms in total. The van der Waals surface area contributed by atoms with Crippen LogP contribution >= 0.6 is 0 Å². The summed E-state index contributed by atoms with van der Waals surface area (Å²) in [5, 5.41) is 4.23. The second-order valence-electron chi connectivity index (χ2n) is 5.29. The van der Waals surface area contributed by atoms with Crippen molar-refractivity contribution in [2.45, 2.75) is 0 Å². The molecule has 0 fully saturated rings. The number of rotatable bonds is 2. The minimum absolute atomic E-state index is 0.0675. The van der Waals surface area contributed by atoms with Crippen molar-refractivity contribution < 1.29 is 9.53 Å². The molecular weight excluding hydrogens is 292 g/mol. The average molecular weight is 306 g/mol. The van der Waals surface area contributed by atoms with Crippen LogP contribution in [-0.4, -0.2) is 29.5 Å². The number of carbonyl (C=O) groups is 1. The second kappa shape index (κ2) is 5.24. The lowest BCUT2D eigenvalue weighted by molar-refractivity contribution is -0.120. The summed E-state index contributed by atoms with van der Waals surface area (Å²) in [5.41, 5.74) is 2.45. The standard InChI is InChI=1S/C17H14N4O2/c1-21-14-8-11(6-7-15(14)23-9-16(21)22)20-17-12-4-2-3-5-13(12)18-10-19-17/h2-8,10H,9H2,1H3,(H,18,19,20). The van der Waals surface area contributed by atoms with Gasteiger partial charge in [-0.05, 0) is 30.3 Å². The van der Waals surface area contributed by atoms with Crippen LogP contribution in [0.3, 0.4) is 0 Å². The Morgan fingerprint density at radius 2 is 2.04 bits per heavy atom. The van der Waals surface area contributed by atoms with Gasteiger partial charge in [0.15, 0.2) is 6.61 Å². The molecule has 1 aromatic heterocycles. The first-order chi connectivity index (χ1) is 11.2. The van der Waals surface area contributed by atoms with E-state index in [9.17, 15) is 4.79 Å². The zero-order chi connectivity index (χ0) is 15.8. The molecule has 2 aromatic carbocycles. The van der Waals surface area contributed by atoms with Crippen molar-refractivity contribution >= 4 is 34.0 Å². The van der Waals surface area contributed by atoms with Gasteiger partial charge in [-0.1, -0.05) is 12.1 Å². The monoisotopic (exact) mass is 306 g/mol. The SMILES string of the molecule is CN1C(=O)COc2ccc(Nc3ncnc4ccccc34)cc21. The van der Waals surface area contributed by atoms with Crippen molar-refractivity contribution in [1.29, 1.82) is 0 Å². The number of benzene rings is 2. The Morgan fingerprint density at radius 3 is 2.96 bits per heavy atom. The highest BCUT2D eigenvalue weighted by Crippen LogP contribution is 2.34. The van der Waals surface area contributed by atoms with E-state index in [4.69, 9.17) is 4.74 Å². The Kier molecular flexibility index (Phi) is 3.08. The Bertz CT molecular complexity index is 905. The van der Waals surface area contributed by atoms with E-state index in [-0.39, 0.29) is 12.5 Å². The highest BCUT2D eigenvalue weighted by molar-refractivity contribution is 5.98. The predicted molar refractivity (Wildman–Crippen MR) is 88.2 cm³/mol. The lowest BCUT2D eigenvalue weighted by Gasteiger charge is -2.26. The number of amides is 1. The van der Waals surface area contributed by atoms with Gasteiger partial charge in [0, 0.05) is 18.1 Å². The van der Waals surface area contributed by atoms with Gasteiger partial charge < -0.3 is 15.0 Å². The van der Waals surface area contributed by atoms with Gasteiger partial charge in [-0.25, -0.2) is 9.97 Å².